The molecule has 0 aliphatic carbocycles. The highest BCUT2D eigenvalue weighted by Gasteiger charge is 2.26. The summed E-state index contributed by atoms with van der Waals surface area (Å²) in [6.07, 6.45) is 1.76. The van der Waals surface area contributed by atoms with Gasteiger partial charge in [-0.2, -0.15) is 0 Å². The van der Waals surface area contributed by atoms with E-state index < -0.39 is 0 Å². The normalized spacial score (nSPS) is 14.8. The molecule has 20 heavy (non-hydrogen) atoms. The fraction of sp³-hybridized carbons (Fsp3) is 0.500. The van der Waals surface area contributed by atoms with Crippen molar-refractivity contribution in [3.63, 3.8) is 0 Å². The maximum atomic E-state index is 11.8. The maximum Gasteiger partial charge on any atom is 0.320 e. The third-order valence-electron chi connectivity index (χ3n) is 3.52. The SMILES string of the molecule is Cc1cc(CNC(=O)CN2CCN(C)C2=O)cnc1C. The number of carbonyl (C=O) groups is 2. The lowest BCUT2D eigenvalue weighted by Gasteiger charge is -2.15. The van der Waals surface area contributed by atoms with E-state index in [0.717, 1.165) is 16.8 Å². The van der Waals surface area contributed by atoms with E-state index in [-0.39, 0.29) is 18.5 Å². The average Bonchev–Trinajstić information content (AvgIpc) is 2.72. The molecule has 0 aromatic carbocycles. The Morgan fingerprint density at radius 2 is 2.15 bits per heavy atom. The molecular weight excluding hydrogens is 256 g/mol. The monoisotopic (exact) mass is 276 g/mol. The van der Waals surface area contributed by atoms with E-state index in [4.69, 9.17) is 0 Å². The second kappa shape index (κ2) is 5.90. The highest BCUT2D eigenvalue weighted by atomic mass is 16.2. The molecule has 1 aromatic heterocycles. The van der Waals surface area contributed by atoms with E-state index in [1.165, 1.54) is 0 Å². The molecule has 3 amide bonds. The lowest BCUT2D eigenvalue weighted by Crippen LogP contribution is -2.39. The molecule has 0 unspecified atom stereocenters. The Morgan fingerprint density at radius 1 is 1.40 bits per heavy atom. The predicted molar refractivity (Wildman–Crippen MR) is 75.2 cm³/mol. The van der Waals surface area contributed by atoms with Gasteiger partial charge in [0.1, 0.15) is 6.54 Å². The van der Waals surface area contributed by atoms with Crippen LogP contribution < -0.4 is 5.32 Å². The van der Waals surface area contributed by atoms with Crippen LogP contribution in [-0.2, 0) is 11.3 Å². The van der Waals surface area contributed by atoms with Crippen molar-refractivity contribution in [3.05, 3.63) is 29.1 Å². The van der Waals surface area contributed by atoms with Crippen LogP contribution in [0.5, 0.6) is 0 Å². The van der Waals surface area contributed by atoms with Gasteiger partial charge in [0.15, 0.2) is 0 Å². The minimum atomic E-state index is -0.146. The van der Waals surface area contributed by atoms with Gasteiger partial charge in [-0.05, 0) is 25.0 Å². The van der Waals surface area contributed by atoms with Gasteiger partial charge in [-0.3, -0.25) is 9.78 Å². The summed E-state index contributed by atoms with van der Waals surface area (Å²) >= 11 is 0. The van der Waals surface area contributed by atoms with Crippen molar-refractivity contribution in [3.8, 4) is 0 Å². The first kappa shape index (κ1) is 14.3. The standard InChI is InChI=1S/C14H20N4O2/c1-10-6-12(7-15-11(10)2)8-16-13(19)9-18-5-4-17(3)14(18)20/h6-7H,4-5,8-9H2,1-3H3,(H,16,19). The number of hydrogen-bond donors (Lipinski definition) is 1. The molecule has 1 fully saturated rings. The van der Waals surface area contributed by atoms with Gasteiger partial charge >= 0.3 is 6.03 Å². The molecule has 1 aliphatic heterocycles. The number of likely N-dealkylation sites (N-methyl/N-ethyl adjacent to an activating group) is 1. The fourth-order valence-electron chi connectivity index (χ4n) is 2.08. The van der Waals surface area contributed by atoms with Crippen LogP contribution in [-0.4, -0.2) is 53.4 Å². The molecular formula is C14H20N4O2. The van der Waals surface area contributed by atoms with Gasteiger partial charge in [-0.25, -0.2) is 4.79 Å². The molecule has 0 bridgehead atoms. The summed E-state index contributed by atoms with van der Waals surface area (Å²) in [5.74, 6) is -0.146. The van der Waals surface area contributed by atoms with Crippen molar-refractivity contribution in [1.29, 1.82) is 0 Å². The van der Waals surface area contributed by atoms with Crippen LogP contribution in [0.25, 0.3) is 0 Å². The summed E-state index contributed by atoms with van der Waals surface area (Å²) in [4.78, 5) is 30.9. The first-order chi connectivity index (χ1) is 9.47. The van der Waals surface area contributed by atoms with Crippen molar-refractivity contribution in [2.24, 2.45) is 0 Å². The molecule has 1 aliphatic rings. The van der Waals surface area contributed by atoms with Crippen LogP contribution >= 0.6 is 0 Å². The van der Waals surface area contributed by atoms with Gasteiger partial charge in [0.2, 0.25) is 5.91 Å². The van der Waals surface area contributed by atoms with Crippen LogP contribution in [0, 0.1) is 13.8 Å². The molecule has 1 saturated heterocycles. The minimum Gasteiger partial charge on any atom is -0.350 e. The summed E-state index contributed by atoms with van der Waals surface area (Å²) in [7, 11) is 1.74. The third kappa shape index (κ3) is 3.26. The number of rotatable bonds is 4. The quantitative estimate of drug-likeness (QED) is 0.879. The van der Waals surface area contributed by atoms with E-state index in [2.05, 4.69) is 10.3 Å². The first-order valence-electron chi connectivity index (χ1n) is 6.66. The number of aromatic nitrogens is 1. The van der Waals surface area contributed by atoms with E-state index >= 15 is 0 Å². The summed E-state index contributed by atoms with van der Waals surface area (Å²) in [5, 5.41) is 2.82. The predicted octanol–water partition coefficient (Wildman–Crippen LogP) is 0.682. The summed E-state index contributed by atoms with van der Waals surface area (Å²) in [6.45, 7) is 5.77. The average molecular weight is 276 g/mol. The lowest BCUT2D eigenvalue weighted by molar-refractivity contribution is -0.121. The molecule has 6 nitrogen and oxygen atoms in total. The number of aryl methyl sites for hydroxylation is 2. The molecule has 2 heterocycles. The Bertz CT molecular complexity index is 530. The number of amides is 3. The minimum absolute atomic E-state index is 0.0898. The smallest absolute Gasteiger partial charge is 0.320 e. The summed E-state index contributed by atoms with van der Waals surface area (Å²) < 4.78 is 0. The molecule has 1 aromatic rings. The van der Waals surface area contributed by atoms with Crippen LogP contribution in [0.2, 0.25) is 0 Å². The zero-order valence-electron chi connectivity index (χ0n) is 12.1. The van der Waals surface area contributed by atoms with Crippen LogP contribution in [0.4, 0.5) is 4.79 Å². The van der Waals surface area contributed by atoms with Crippen LogP contribution in [0.1, 0.15) is 16.8 Å². The molecule has 108 valence electrons. The van der Waals surface area contributed by atoms with E-state index in [1.54, 1.807) is 23.0 Å². The van der Waals surface area contributed by atoms with Crippen molar-refractivity contribution >= 4 is 11.9 Å². The first-order valence-corrected chi connectivity index (χ1v) is 6.66. The lowest BCUT2D eigenvalue weighted by atomic mass is 10.1. The zero-order valence-corrected chi connectivity index (χ0v) is 12.1. The highest BCUT2D eigenvalue weighted by molar-refractivity contribution is 5.84. The Hall–Kier alpha value is -2.11. The largest absolute Gasteiger partial charge is 0.350 e. The third-order valence-corrected chi connectivity index (χ3v) is 3.52. The second-order valence-corrected chi connectivity index (χ2v) is 5.15. The highest BCUT2D eigenvalue weighted by Crippen LogP contribution is 2.07. The number of nitrogens with one attached hydrogen (secondary N) is 1. The Labute approximate surface area is 118 Å². The Morgan fingerprint density at radius 3 is 2.75 bits per heavy atom. The Kier molecular flexibility index (Phi) is 4.22. The van der Waals surface area contributed by atoms with E-state index in [9.17, 15) is 9.59 Å². The van der Waals surface area contributed by atoms with Gasteiger partial charge < -0.3 is 15.1 Å². The van der Waals surface area contributed by atoms with Gasteiger partial charge in [-0.1, -0.05) is 6.07 Å². The summed E-state index contributed by atoms with van der Waals surface area (Å²) in [5.41, 5.74) is 3.06. The van der Waals surface area contributed by atoms with Gasteiger partial charge in [0.05, 0.1) is 0 Å². The maximum absolute atomic E-state index is 11.8. The molecule has 2 rings (SSSR count). The second-order valence-electron chi connectivity index (χ2n) is 5.15. The van der Waals surface area contributed by atoms with Crippen molar-refractivity contribution < 1.29 is 9.59 Å². The number of nitrogens with zero attached hydrogens (tertiary/aromatic N) is 3. The van der Waals surface area contributed by atoms with Crippen molar-refractivity contribution in [1.82, 2.24) is 20.1 Å². The number of pyridine rings is 1. The molecule has 0 spiro atoms. The van der Waals surface area contributed by atoms with E-state index in [1.807, 2.05) is 19.9 Å². The van der Waals surface area contributed by atoms with E-state index in [0.29, 0.717) is 19.6 Å². The fourth-order valence-corrected chi connectivity index (χ4v) is 2.08. The molecule has 0 atom stereocenters. The molecule has 1 N–H and O–H groups in total. The van der Waals surface area contributed by atoms with Crippen molar-refractivity contribution in [2.45, 2.75) is 20.4 Å². The number of hydrogen-bond acceptors (Lipinski definition) is 3. The topological polar surface area (TPSA) is 65.5 Å². The molecule has 6 heteroatoms. The zero-order chi connectivity index (χ0) is 14.7. The Balaban J connectivity index is 1.83. The van der Waals surface area contributed by atoms with Gasteiger partial charge in [0.25, 0.3) is 0 Å². The van der Waals surface area contributed by atoms with Crippen LogP contribution in [0.15, 0.2) is 12.3 Å². The van der Waals surface area contributed by atoms with Crippen LogP contribution in [0.3, 0.4) is 0 Å². The van der Waals surface area contributed by atoms with Gasteiger partial charge in [0, 0.05) is 38.6 Å². The van der Waals surface area contributed by atoms with Crippen molar-refractivity contribution in [2.75, 3.05) is 26.7 Å². The molecule has 0 saturated carbocycles. The summed E-state index contributed by atoms with van der Waals surface area (Å²) in [6, 6.07) is 1.92. The molecule has 0 radical (unpaired) electrons. The number of carbonyl (C=O) groups excluding carboxylic acids is 2. The number of urea groups is 1. The van der Waals surface area contributed by atoms with Gasteiger partial charge in [-0.15, -0.1) is 0 Å².